The minimum Gasteiger partial charge on any atom is -0.310 e. The van der Waals surface area contributed by atoms with E-state index in [-0.39, 0.29) is 0 Å². The van der Waals surface area contributed by atoms with Crippen LogP contribution < -0.4 is 5.32 Å². The number of hydrogen-bond donors (Lipinski definition) is 1. The van der Waals surface area contributed by atoms with E-state index < -0.39 is 0 Å². The lowest BCUT2D eigenvalue weighted by Crippen LogP contribution is -2.46. The summed E-state index contributed by atoms with van der Waals surface area (Å²) in [4.78, 5) is 4.88. The van der Waals surface area contributed by atoms with Crippen molar-refractivity contribution in [1.82, 2.24) is 25.3 Å². The molecule has 1 aromatic heterocycles. The van der Waals surface area contributed by atoms with Crippen molar-refractivity contribution >= 4 is 0 Å². The van der Waals surface area contributed by atoms with Gasteiger partial charge in [0.15, 0.2) is 0 Å². The SMILES string of the molecule is CN1CCN(CCNCc2cccnn2)CC1. The molecule has 0 amide bonds. The summed E-state index contributed by atoms with van der Waals surface area (Å²) in [6.45, 7) is 7.68. The normalized spacial score (nSPS) is 18.4. The molecule has 1 aliphatic rings. The van der Waals surface area contributed by atoms with Gasteiger partial charge < -0.3 is 10.2 Å². The fourth-order valence-electron chi connectivity index (χ4n) is 1.95. The zero-order valence-electron chi connectivity index (χ0n) is 10.5. The second-order valence-electron chi connectivity index (χ2n) is 4.54. The van der Waals surface area contributed by atoms with Gasteiger partial charge in [-0.05, 0) is 19.2 Å². The Bertz CT molecular complexity index is 308. The van der Waals surface area contributed by atoms with Crippen LogP contribution in [0.3, 0.4) is 0 Å². The van der Waals surface area contributed by atoms with Crippen LogP contribution in [0.4, 0.5) is 0 Å². The topological polar surface area (TPSA) is 44.3 Å². The predicted molar refractivity (Wildman–Crippen MR) is 67.7 cm³/mol. The third-order valence-electron chi connectivity index (χ3n) is 3.13. The molecule has 1 aromatic rings. The van der Waals surface area contributed by atoms with Crippen LogP contribution in [0, 0.1) is 0 Å². The summed E-state index contributed by atoms with van der Waals surface area (Å²) in [6, 6.07) is 3.92. The van der Waals surface area contributed by atoms with Crippen LogP contribution in [-0.2, 0) is 6.54 Å². The molecule has 2 heterocycles. The number of aromatic nitrogens is 2. The maximum Gasteiger partial charge on any atom is 0.0768 e. The van der Waals surface area contributed by atoms with Crippen LogP contribution in [0.1, 0.15) is 5.69 Å². The summed E-state index contributed by atoms with van der Waals surface area (Å²) in [5.74, 6) is 0. The van der Waals surface area contributed by atoms with Gasteiger partial charge in [0.1, 0.15) is 0 Å². The third kappa shape index (κ3) is 4.38. The van der Waals surface area contributed by atoms with E-state index >= 15 is 0 Å². The second kappa shape index (κ2) is 6.64. The minimum atomic E-state index is 0.807. The highest BCUT2D eigenvalue weighted by atomic mass is 15.2. The zero-order chi connectivity index (χ0) is 11.9. The molecular weight excluding hydrogens is 214 g/mol. The summed E-state index contributed by atoms with van der Waals surface area (Å²) < 4.78 is 0. The van der Waals surface area contributed by atoms with Gasteiger partial charge in [0.25, 0.3) is 0 Å². The van der Waals surface area contributed by atoms with Gasteiger partial charge >= 0.3 is 0 Å². The number of hydrogen-bond acceptors (Lipinski definition) is 5. The Kier molecular flexibility index (Phi) is 4.85. The van der Waals surface area contributed by atoms with E-state index in [9.17, 15) is 0 Å². The van der Waals surface area contributed by atoms with E-state index in [0.717, 1.165) is 25.3 Å². The Morgan fingerprint density at radius 1 is 1.29 bits per heavy atom. The molecular formula is C12H21N5. The van der Waals surface area contributed by atoms with Crippen molar-refractivity contribution in [3.8, 4) is 0 Å². The first-order valence-electron chi connectivity index (χ1n) is 6.23. The maximum atomic E-state index is 4.04. The lowest BCUT2D eigenvalue weighted by molar-refractivity contribution is 0.154. The quantitative estimate of drug-likeness (QED) is 0.717. The molecule has 0 aliphatic carbocycles. The highest BCUT2D eigenvalue weighted by molar-refractivity contribution is 4.98. The molecule has 0 unspecified atom stereocenters. The van der Waals surface area contributed by atoms with E-state index in [4.69, 9.17) is 0 Å². The van der Waals surface area contributed by atoms with Gasteiger partial charge in [0, 0.05) is 52.0 Å². The summed E-state index contributed by atoms with van der Waals surface area (Å²) in [7, 11) is 2.18. The summed E-state index contributed by atoms with van der Waals surface area (Å²) in [5, 5.41) is 11.3. The van der Waals surface area contributed by atoms with E-state index in [2.05, 4.69) is 32.4 Å². The molecule has 0 saturated carbocycles. The van der Waals surface area contributed by atoms with Crippen LogP contribution in [0.15, 0.2) is 18.3 Å². The molecule has 5 nitrogen and oxygen atoms in total. The average Bonchev–Trinajstić information content (AvgIpc) is 2.38. The molecule has 0 spiro atoms. The highest BCUT2D eigenvalue weighted by Crippen LogP contribution is 1.97. The zero-order valence-corrected chi connectivity index (χ0v) is 10.5. The molecule has 1 saturated heterocycles. The highest BCUT2D eigenvalue weighted by Gasteiger charge is 2.12. The maximum absolute atomic E-state index is 4.04. The number of nitrogens with one attached hydrogen (secondary N) is 1. The second-order valence-corrected chi connectivity index (χ2v) is 4.54. The first-order chi connectivity index (χ1) is 8.34. The van der Waals surface area contributed by atoms with Crippen molar-refractivity contribution in [2.24, 2.45) is 0 Å². The van der Waals surface area contributed by atoms with Crippen molar-refractivity contribution < 1.29 is 0 Å². The predicted octanol–water partition coefficient (Wildman–Crippen LogP) is -0.186. The monoisotopic (exact) mass is 235 g/mol. The van der Waals surface area contributed by atoms with Gasteiger partial charge in [-0.1, -0.05) is 0 Å². The molecule has 5 heteroatoms. The van der Waals surface area contributed by atoms with Gasteiger partial charge in [0.05, 0.1) is 5.69 Å². The van der Waals surface area contributed by atoms with Crippen molar-refractivity contribution in [3.63, 3.8) is 0 Å². The molecule has 0 radical (unpaired) electrons. The Morgan fingerprint density at radius 2 is 2.12 bits per heavy atom. The van der Waals surface area contributed by atoms with Crippen molar-refractivity contribution in [2.75, 3.05) is 46.3 Å². The Hall–Kier alpha value is -1.04. The molecule has 1 fully saturated rings. The molecule has 17 heavy (non-hydrogen) atoms. The molecule has 0 aromatic carbocycles. The van der Waals surface area contributed by atoms with E-state index in [1.807, 2.05) is 12.1 Å². The van der Waals surface area contributed by atoms with Gasteiger partial charge in [-0.25, -0.2) is 0 Å². The Balaban J connectivity index is 1.57. The van der Waals surface area contributed by atoms with Crippen LogP contribution in [-0.4, -0.2) is 66.3 Å². The largest absolute Gasteiger partial charge is 0.310 e. The lowest BCUT2D eigenvalue weighted by Gasteiger charge is -2.32. The molecule has 0 atom stereocenters. The van der Waals surface area contributed by atoms with Crippen LogP contribution in [0.2, 0.25) is 0 Å². The van der Waals surface area contributed by atoms with Crippen LogP contribution >= 0.6 is 0 Å². The van der Waals surface area contributed by atoms with Crippen molar-refractivity contribution in [1.29, 1.82) is 0 Å². The van der Waals surface area contributed by atoms with E-state index in [0.29, 0.717) is 0 Å². The Morgan fingerprint density at radius 3 is 2.82 bits per heavy atom. The first-order valence-corrected chi connectivity index (χ1v) is 6.23. The summed E-state index contributed by atoms with van der Waals surface area (Å²) >= 11 is 0. The van der Waals surface area contributed by atoms with Crippen molar-refractivity contribution in [2.45, 2.75) is 6.54 Å². The lowest BCUT2D eigenvalue weighted by atomic mass is 10.3. The number of piperazine rings is 1. The standard InChI is InChI=1S/C12H21N5/c1-16-7-9-17(10-8-16)6-5-13-11-12-3-2-4-14-15-12/h2-4,13H,5-11H2,1H3. The number of nitrogens with zero attached hydrogens (tertiary/aromatic N) is 4. The van der Waals surface area contributed by atoms with E-state index in [1.165, 1.54) is 26.2 Å². The number of rotatable bonds is 5. The van der Waals surface area contributed by atoms with Crippen molar-refractivity contribution in [3.05, 3.63) is 24.0 Å². The third-order valence-corrected chi connectivity index (χ3v) is 3.13. The van der Waals surface area contributed by atoms with Gasteiger partial charge in [0.2, 0.25) is 0 Å². The average molecular weight is 235 g/mol. The molecule has 0 bridgehead atoms. The van der Waals surface area contributed by atoms with Gasteiger partial charge in [-0.3, -0.25) is 4.90 Å². The fraction of sp³-hybridized carbons (Fsp3) is 0.667. The van der Waals surface area contributed by atoms with Gasteiger partial charge in [-0.15, -0.1) is 0 Å². The van der Waals surface area contributed by atoms with E-state index in [1.54, 1.807) is 6.20 Å². The summed E-state index contributed by atoms with van der Waals surface area (Å²) in [6.07, 6.45) is 1.70. The fourth-order valence-corrected chi connectivity index (χ4v) is 1.95. The minimum absolute atomic E-state index is 0.807. The summed E-state index contributed by atoms with van der Waals surface area (Å²) in [5.41, 5.74) is 1.01. The molecule has 2 rings (SSSR count). The molecule has 1 N–H and O–H groups in total. The van der Waals surface area contributed by atoms with Crippen LogP contribution in [0.5, 0.6) is 0 Å². The molecule has 94 valence electrons. The first kappa shape index (κ1) is 12.4. The molecule has 1 aliphatic heterocycles. The van der Waals surface area contributed by atoms with Gasteiger partial charge in [-0.2, -0.15) is 10.2 Å². The Labute approximate surface area is 103 Å². The smallest absolute Gasteiger partial charge is 0.0768 e. The number of likely N-dealkylation sites (N-methyl/N-ethyl adjacent to an activating group) is 1. The van der Waals surface area contributed by atoms with Crippen LogP contribution in [0.25, 0.3) is 0 Å².